The lowest BCUT2D eigenvalue weighted by atomic mass is 9.53. The molecule has 6 aliphatic carbocycles. The zero-order valence-corrected chi connectivity index (χ0v) is 30.6. The lowest BCUT2D eigenvalue weighted by molar-refractivity contribution is 0.00720. The van der Waals surface area contributed by atoms with E-state index in [0.29, 0.717) is 17.8 Å². The van der Waals surface area contributed by atoms with Crippen LogP contribution in [-0.2, 0) is 19.3 Å². The summed E-state index contributed by atoms with van der Waals surface area (Å²) in [6, 6.07) is 0. The van der Waals surface area contributed by atoms with Crippen molar-refractivity contribution in [2.45, 2.75) is 97.8 Å². The van der Waals surface area contributed by atoms with Gasteiger partial charge in [-0.2, -0.15) is 15.6 Å². The van der Waals surface area contributed by atoms with Crippen LogP contribution >= 0.6 is 0 Å². The van der Waals surface area contributed by atoms with Gasteiger partial charge in [-0.3, -0.25) is 0 Å². The lowest BCUT2D eigenvalue weighted by Gasteiger charge is -2.51. The fourth-order valence-corrected chi connectivity index (χ4v) is 10.8. The number of nitrogens with zero attached hydrogens (tertiary/aromatic N) is 9. The van der Waals surface area contributed by atoms with Crippen LogP contribution in [0, 0.1) is 51.8 Å². The topological polar surface area (TPSA) is 241 Å². The third-order valence-electron chi connectivity index (χ3n) is 13.8. The minimum atomic E-state index is 0.186. The van der Waals surface area contributed by atoms with E-state index in [0.717, 1.165) is 74.1 Å². The van der Waals surface area contributed by atoms with Crippen LogP contribution in [0.3, 0.4) is 0 Å². The Morgan fingerprint density at radius 1 is 0.529 bits per heavy atom. The van der Waals surface area contributed by atoms with Gasteiger partial charge in [-0.05, 0) is 129 Å². The predicted octanol–water partition coefficient (Wildman–Crippen LogP) is 3.19. The van der Waals surface area contributed by atoms with Crippen LogP contribution in [0.4, 0.5) is 0 Å². The van der Waals surface area contributed by atoms with Gasteiger partial charge in [0.2, 0.25) is 0 Å². The van der Waals surface area contributed by atoms with E-state index in [1.165, 1.54) is 57.8 Å². The molecule has 3 saturated carbocycles. The first-order valence-electron chi connectivity index (χ1n) is 19.2. The molecule has 51 heavy (non-hydrogen) atoms. The number of aromatic nitrogens is 12. The number of hydrogen-bond donors (Lipinski definition) is 6. The molecule has 0 aliphatic heterocycles. The summed E-state index contributed by atoms with van der Waals surface area (Å²) >= 11 is 0. The quantitative estimate of drug-likeness (QED) is 0.149. The van der Waals surface area contributed by atoms with Gasteiger partial charge in [-0.25, -0.2) is 0 Å². The van der Waals surface area contributed by atoms with Gasteiger partial charge < -0.3 is 17.2 Å². The predicted molar refractivity (Wildman–Crippen MR) is 192 cm³/mol. The maximum absolute atomic E-state index is 6.01. The lowest BCUT2D eigenvalue weighted by Crippen LogP contribution is -2.51. The number of nitrogens with two attached hydrogens (primary N) is 3. The molecule has 0 spiro atoms. The summed E-state index contributed by atoms with van der Waals surface area (Å²) in [4.78, 5) is 0. The van der Waals surface area contributed by atoms with E-state index in [9.17, 15) is 0 Å². The average Bonchev–Trinajstić information content (AvgIpc) is 3.99. The van der Waals surface area contributed by atoms with Gasteiger partial charge in [0.1, 0.15) is 0 Å². The van der Waals surface area contributed by atoms with E-state index in [-0.39, 0.29) is 16.2 Å². The van der Waals surface area contributed by atoms with E-state index in [2.05, 4.69) is 101 Å². The molecule has 0 radical (unpaired) electrons. The zero-order chi connectivity index (χ0) is 35.6. The Bertz CT molecular complexity index is 1470. The van der Waals surface area contributed by atoms with Gasteiger partial charge in [-0.15, -0.1) is 30.6 Å². The molecular formula is C36H57N15. The molecule has 0 unspecified atom stereocenters. The van der Waals surface area contributed by atoms with Crippen LogP contribution in [0.2, 0.25) is 0 Å². The molecule has 15 heteroatoms. The second-order valence-corrected chi connectivity index (χ2v) is 16.3. The molecule has 276 valence electrons. The van der Waals surface area contributed by atoms with Crippen LogP contribution in [0.1, 0.15) is 96.0 Å². The van der Waals surface area contributed by atoms with Crippen molar-refractivity contribution in [1.29, 1.82) is 0 Å². The van der Waals surface area contributed by atoms with Crippen LogP contribution in [0.25, 0.3) is 0 Å². The maximum Gasteiger partial charge on any atom is 0.175 e. The van der Waals surface area contributed by atoms with Crippen molar-refractivity contribution in [3.05, 3.63) is 52.4 Å². The molecule has 15 nitrogen and oxygen atoms in total. The van der Waals surface area contributed by atoms with Gasteiger partial charge in [0.25, 0.3) is 0 Å². The van der Waals surface area contributed by atoms with E-state index in [1.807, 2.05) is 0 Å². The van der Waals surface area contributed by atoms with Gasteiger partial charge in [0.15, 0.2) is 17.5 Å². The Kier molecular flexibility index (Phi) is 10.3. The van der Waals surface area contributed by atoms with Crippen molar-refractivity contribution in [1.82, 2.24) is 61.9 Å². The Labute approximate surface area is 300 Å². The van der Waals surface area contributed by atoms with E-state index >= 15 is 0 Å². The molecule has 3 heterocycles. The summed E-state index contributed by atoms with van der Waals surface area (Å²) in [5.41, 5.74) is 23.4. The first kappa shape index (κ1) is 35.7. The molecule has 9 atom stereocenters. The summed E-state index contributed by atoms with van der Waals surface area (Å²) in [7, 11) is 0. The smallest absolute Gasteiger partial charge is 0.175 e. The van der Waals surface area contributed by atoms with Crippen molar-refractivity contribution >= 4 is 0 Å². The Balaban J connectivity index is 0.000000119. The average molecular weight is 700 g/mol. The summed E-state index contributed by atoms with van der Waals surface area (Å²) in [5.74, 6) is 6.77. The first-order chi connectivity index (χ1) is 24.8. The van der Waals surface area contributed by atoms with Crippen molar-refractivity contribution in [2.24, 2.45) is 69.0 Å². The molecule has 0 bridgehead atoms. The number of allylic oxidation sites excluding steroid dienone is 6. The van der Waals surface area contributed by atoms with Gasteiger partial charge in [0, 0.05) is 19.3 Å². The van der Waals surface area contributed by atoms with Crippen LogP contribution < -0.4 is 17.2 Å². The van der Waals surface area contributed by atoms with Crippen LogP contribution in [0.5, 0.6) is 0 Å². The molecule has 6 aliphatic rings. The minimum Gasteiger partial charge on any atom is -0.330 e. The van der Waals surface area contributed by atoms with Gasteiger partial charge in [0.05, 0.1) is 0 Å². The fraction of sp³-hybridized carbons (Fsp3) is 0.750. The maximum atomic E-state index is 6.01. The Hall–Kier alpha value is -3.69. The highest BCUT2D eigenvalue weighted by Crippen LogP contribution is 2.61. The number of hydrogen-bond acceptors (Lipinski definition) is 12. The molecule has 0 aromatic carbocycles. The SMILES string of the molecule is CCC1=C[C@@H]2[C@H](C1)C[C@]2(CN)Cc1nn[nH]n1.CCC1=C[C@@H]2[C@H](C1)C[C@]2(CN)Cc1nn[nH]n1.CCC1=C[C@H]2[C@@H](C1)C[C@@]2(CN)Cc1nn[nH]n1. The third kappa shape index (κ3) is 6.72. The normalized spacial score (nSPS) is 35.3. The number of tetrazole rings is 3. The number of rotatable bonds is 12. The minimum absolute atomic E-state index is 0.186. The fourth-order valence-electron chi connectivity index (χ4n) is 10.8. The van der Waals surface area contributed by atoms with Crippen LogP contribution in [-0.4, -0.2) is 81.5 Å². The summed E-state index contributed by atoms with van der Waals surface area (Å²) in [6.07, 6.45) is 20.9. The third-order valence-corrected chi connectivity index (χ3v) is 13.8. The van der Waals surface area contributed by atoms with Crippen molar-refractivity contribution in [2.75, 3.05) is 19.6 Å². The highest BCUT2D eigenvalue weighted by Gasteiger charge is 2.56. The summed E-state index contributed by atoms with van der Waals surface area (Å²) in [6.45, 7) is 8.86. The monoisotopic (exact) mass is 699 g/mol. The molecule has 3 aromatic rings. The molecular weight excluding hydrogens is 643 g/mol. The second kappa shape index (κ2) is 14.7. The molecule has 0 amide bonds. The number of aromatic amines is 3. The van der Waals surface area contributed by atoms with Crippen molar-refractivity contribution in [3.63, 3.8) is 0 Å². The number of fused-ring (bicyclic) bond motifs is 3. The standard InChI is InChI=1S/3C12H19N5/c3*1-2-8-3-9-5-12(7-13,10(9)4-8)6-11-14-16-17-15-11/h3*4,9-10H,2-3,5-7,13H2,1H3,(H,14,15,16,17)/t3*9-,10-,12-/m110/s1. The highest BCUT2D eigenvalue weighted by molar-refractivity contribution is 5.26. The highest BCUT2D eigenvalue weighted by atomic mass is 15.5. The Morgan fingerprint density at radius 2 is 0.824 bits per heavy atom. The largest absolute Gasteiger partial charge is 0.330 e. The molecule has 3 fully saturated rings. The summed E-state index contributed by atoms with van der Waals surface area (Å²) in [5, 5.41) is 42.8. The molecule has 3 aromatic heterocycles. The first-order valence-corrected chi connectivity index (χ1v) is 19.2. The van der Waals surface area contributed by atoms with Crippen molar-refractivity contribution < 1.29 is 0 Å². The van der Waals surface area contributed by atoms with E-state index < -0.39 is 0 Å². The van der Waals surface area contributed by atoms with Gasteiger partial charge in [-0.1, -0.05) is 71.4 Å². The number of nitrogens with one attached hydrogen (secondary N) is 3. The molecule has 9 rings (SSSR count). The molecule has 9 N–H and O–H groups in total. The van der Waals surface area contributed by atoms with Gasteiger partial charge >= 0.3 is 0 Å². The Morgan fingerprint density at radius 3 is 1.04 bits per heavy atom. The number of H-pyrrole nitrogens is 3. The molecule has 0 saturated heterocycles. The van der Waals surface area contributed by atoms with Crippen molar-refractivity contribution in [3.8, 4) is 0 Å². The summed E-state index contributed by atoms with van der Waals surface area (Å²) < 4.78 is 0. The van der Waals surface area contributed by atoms with E-state index in [1.54, 1.807) is 16.7 Å². The van der Waals surface area contributed by atoms with E-state index in [4.69, 9.17) is 17.2 Å². The zero-order valence-electron chi connectivity index (χ0n) is 30.6. The second-order valence-electron chi connectivity index (χ2n) is 16.3. The van der Waals surface area contributed by atoms with Crippen LogP contribution in [0.15, 0.2) is 34.9 Å².